The molecule has 184 valence electrons. The van der Waals surface area contributed by atoms with Gasteiger partial charge in [-0.2, -0.15) is 13.2 Å². The van der Waals surface area contributed by atoms with Crippen molar-refractivity contribution in [3.63, 3.8) is 0 Å². The van der Waals surface area contributed by atoms with Crippen molar-refractivity contribution in [2.24, 2.45) is 0 Å². The number of nitrogens with zero attached hydrogens (tertiary/aromatic N) is 2. The maximum Gasteiger partial charge on any atom is 0.422 e. The summed E-state index contributed by atoms with van der Waals surface area (Å²) in [7, 11) is 0. The summed E-state index contributed by atoms with van der Waals surface area (Å²) in [6, 6.07) is 11.9. The summed E-state index contributed by atoms with van der Waals surface area (Å²) in [5.41, 5.74) is 1.66. The Morgan fingerprint density at radius 3 is 1.85 bits per heavy atom. The second-order valence-corrected chi connectivity index (χ2v) is 7.79. The molecule has 1 heterocycles. The predicted molar refractivity (Wildman–Crippen MR) is 113 cm³/mol. The van der Waals surface area contributed by atoms with Gasteiger partial charge in [0.05, 0.1) is 6.04 Å². The topological polar surface area (TPSA) is 61.9 Å². The average molecular weight is 485 g/mol. The van der Waals surface area contributed by atoms with Crippen LogP contribution in [0.15, 0.2) is 48.5 Å². The molecule has 2 amide bonds. The number of alkyl halides is 3. The van der Waals surface area contributed by atoms with Crippen molar-refractivity contribution in [3.8, 4) is 0 Å². The second-order valence-electron chi connectivity index (χ2n) is 7.79. The van der Waals surface area contributed by atoms with E-state index in [2.05, 4.69) is 15.0 Å². The fourth-order valence-electron chi connectivity index (χ4n) is 3.76. The number of hydrogen-bond acceptors (Lipinski definition) is 4. The molecule has 1 N–H and O–H groups in total. The van der Waals surface area contributed by atoms with Gasteiger partial charge in [0.2, 0.25) is 5.91 Å². The van der Waals surface area contributed by atoms with Crippen LogP contribution in [-0.4, -0.2) is 67.3 Å². The molecule has 0 atom stereocenters. The lowest BCUT2D eigenvalue weighted by Gasteiger charge is -2.40. The van der Waals surface area contributed by atoms with Crippen molar-refractivity contribution in [2.45, 2.75) is 18.6 Å². The van der Waals surface area contributed by atoms with Gasteiger partial charge in [-0.1, -0.05) is 24.3 Å². The Balaban J connectivity index is 1.54. The highest BCUT2D eigenvalue weighted by Crippen LogP contribution is 2.30. The van der Waals surface area contributed by atoms with E-state index in [1.165, 1.54) is 24.3 Å². The summed E-state index contributed by atoms with van der Waals surface area (Å²) in [5.74, 6) is -0.989. The van der Waals surface area contributed by atoms with Gasteiger partial charge in [-0.15, -0.1) is 0 Å². The number of nitrogens with one attached hydrogen (secondary N) is 1. The number of halogens is 5. The number of alkyl carbamates (subject to hydrolysis) is 1. The van der Waals surface area contributed by atoms with Crippen molar-refractivity contribution < 1.29 is 36.3 Å². The minimum Gasteiger partial charge on any atom is -0.440 e. The smallest absolute Gasteiger partial charge is 0.422 e. The molecule has 0 bridgehead atoms. The van der Waals surface area contributed by atoms with Crippen LogP contribution in [0.25, 0.3) is 0 Å². The molecule has 1 aliphatic heterocycles. The van der Waals surface area contributed by atoms with E-state index in [4.69, 9.17) is 0 Å². The Hall–Kier alpha value is -3.21. The van der Waals surface area contributed by atoms with Gasteiger partial charge in [0, 0.05) is 39.1 Å². The lowest BCUT2D eigenvalue weighted by Crippen LogP contribution is -2.50. The van der Waals surface area contributed by atoms with Crippen molar-refractivity contribution in [2.75, 3.05) is 39.3 Å². The van der Waals surface area contributed by atoms with E-state index >= 15 is 0 Å². The fraction of sp³-hybridized carbons (Fsp3) is 0.391. The Morgan fingerprint density at radius 1 is 0.882 bits per heavy atom. The molecule has 11 heteroatoms. The van der Waals surface area contributed by atoms with E-state index in [9.17, 15) is 31.5 Å². The van der Waals surface area contributed by atoms with Crippen LogP contribution in [-0.2, 0) is 9.53 Å². The van der Waals surface area contributed by atoms with Crippen molar-refractivity contribution in [1.29, 1.82) is 0 Å². The van der Waals surface area contributed by atoms with Crippen LogP contribution in [0.1, 0.15) is 23.6 Å². The van der Waals surface area contributed by atoms with Crippen molar-refractivity contribution in [3.05, 3.63) is 71.3 Å². The van der Waals surface area contributed by atoms with Gasteiger partial charge in [-0.25, -0.2) is 13.6 Å². The van der Waals surface area contributed by atoms with Crippen LogP contribution in [0, 0.1) is 11.6 Å². The summed E-state index contributed by atoms with van der Waals surface area (Å²) in [5, 5.41) is 2.12. The molecule has 2 aromatic carbocycles. The van der Waals surface area contributed by atoms with Gasteiger partial charge in [0.25, 0.3) is 0 Å². The van der Waals surface area contributed by atoms with Crippen molar-refractivity contribution >= 4 is 12.0 Å². The number of hydrogen-bond donors (Lipinski definition) is 1. The summed E-state index contributed by atoms with van der Waals surface area (Å²) in [6.07, 6.45) is -5.94. The first kappa shape index (κ1) is 25.4. The first-order valence-corrected chi connectivity index (χ1v) is 10.6. The molecule has 0 unspecified atom stereocenters. The number of piperazine rings is 1. The second kappa shape index (κ2) is 11.3. The molecule has 1 fully saturated rings. The molecule has 6 nitrogen and oxygen atoms in total. The van der Waals surface area contributed by atoms with E-state index in [1.807, 2.05) is 0 Å². The first-order valence-electron chi connectivity index (χ1n) is 10.6. The van der Waals surface area contributed by atoms with Crippen LogP contribution in [0.5, 0.6) is 0 Å². The largest absolute Gasteiger partial charge is 0.440 e. The minimum absolute atomic E-state index is 0.0829. The average Bonchev–Trinajstić information content (AvgIpc) is 2.80. The van der Waals surface area contributed by atoms with E-state index in [0.29, 0.717) is 26.2 Å². The molecule has 0 aliphatic carbocycles. The molecule has 34 heavy (non-hydrogen) atoms. The SMILES string of the molecule is O=C(NCCC(=O)N1CCN(C(c2ccc(F)cc2)c2ccc(F)cc2)CC1)OCC(F)(F)F. The minimum atomic E-state index is -4.62. The number of benzene rings is 2. The molecule has 0 radical (unpaired) electrons. The van der Waals surface area contributed by atoms with Crippen LogP contribution in [0.3, 0.4) is 0 Å². The lowest BCUT2D eigenvalue weighted by molar-refractivity contribution is -0.160. The predicted octanol–water partition coefficient (Wildman–Crippen LogP) is 3.88. The summed E-state index contributed by atoms with van der Waals surface area (Å²) >= 11 is 0. The van der Waals surface area contributed by atoms with Gasteiger partial charge < -0.3 is 15.0 Å². The van der Waals surface area contributed by atoms with Crippen molar-refractivity contribution in [1.82, 2.24) is 15.1 Å². The molecule has 3 rings (SSSR count). The molecule has 0 aromatic heterocycles. The van der Waals surface area contributed by atoms with Gasteiger partial charge in [-0.05, 0) is 35.4 Å². The van der Waals surface area contributed by atoms with E-state index in [0.717, 1.165) is 11.1 Å². The summed E-state index contributed by atoms with van der Waals surface area (Å²) in [4.78, 5) is 27.4. The van der Waals surface area contributed by atoms with E-state index < -0.39 is 18.9 Å². The first-order chi connectivity index (χ1) is 16.1. The maximum absolute atomic E-state index is 13.4. The third-order valence-corrected chi connectivity index (χ3v) is 5.38. The molecular weight excluding hydrogens is 461 g/mol. The Morgan fingerprint density at radius 2 is 1.38 bits per heavy atom. The molecular formula is C23H24F5N3O3. The fourth-order valence-corrected chi connectivity index (χ4v) is 3.76. The number of carbonyl (C=O) groups excluding carboxylic acids is 2. The number of rotatable bonds is 7. The highest BCUT2D eigenvalue weighted by atomic mass is 19.4. The van der Waals surface area contributed by atoms with Crippen LogP contribution in [0.2, 0.25) is 0 Å². The standard InChI is InChI=1S/C23H24F5N3O3/c24-18-5-1-16(2-6-18)21(17-3-7-19(25)8-4-17)31-13-11-30(12-14-31)20(32)9-10-29-22(33)34-15-23(26,27)28/h1-8,21H,9-15H2,(H,29,33). The van der Waals surface area contributed by atoms with Crippen LogP contribution < -0.4 is 5.32 Å². The Bertz CT molecular complexity index is 914. The lowest BCUT2D eigenvalue weighted by atomic mass is 9.96. The zero-order chi connectivity index (χ0) is 24.7. The Kier molecular flexibility index (Phi) is 8.43. The monoisotopic (exact) mass is 485 g/mol. The highest BCUT2D eigenvalue weighted by Gasteiger charge is 2.30. The quantitative estimate of drug-likeness (QED) is 0.605. The maximum atomic E-state index is 13.4. The van der Waals surface area contributed by atoms with Gasteiger partial charge in [0.15, 0.2) is 6.61 Å². The van der Waals surface area contributed by atoms with E-state index in [1.54, 1.807) is 29.2 Å². The molecule has 2 aromatic rings. The van der Waals surface area contributed by atoms with Crippen LogP contribution >= 0.6 is 0 Å². The molecule has 1 saturated heterocycles. The third-order valence-electron chi connectivity index (χ3n) is 5.38. The zero-order valence-corrected chi connectivity index (χ0v) is 18.2. The van der Waals surface area contributed by atoms with Gasteiger partial charge >= 0.3 is 12.3 Å². The van der Waals surface area contributed by atoms with Gasteiger partial charge in [0.1, 0.15) is 11.6 Å². The van der Waals surface area contributed by atoms with Crippen LogP contribution in [0.4, 0.5) is 26.7 Å². The summed E-state index contributed by atoms with van der Waals surface area (Å²) < 4.78 is 67.0. The molecule has 0 saturated carbocycles. The zero-order valence-electron chi connectivity index (χ0n) is 18.2. The number of carbonyl (C=O) groups is 2. The molecule has 1 aliphatic rings. The normalized spacial score (nSPS) is 14.8. The highest BCUT2D eigenvalue weighted by molar-refractivity contribution is 5.77. The number of ether oxygens (including phenoxy) is 1. The Labute approximate surface area is 193 Å². The van der Waals surface area contributed by atoms with Gasteiger partial charge in [-0.3, -0.25) is 9.69 Å². The third kappa shape index (κ3) is 7.41. The van der Waals surface area contributed by atoms with E-state index in [-0.39, 0.29) is 36.5 Å². The number of amides is 2. The summed E-state index contributed by atoms with van der Waals surface area (Å²) in [6.45, 7) is -0.0908. The molecule has 0 spiro atoms.